The molecule has 0 aliphatic heterocycles. The number of hydrazone groups is 1. The Labute approximate surface area is 199 Å². The van der Waals surface area contributed by atoms with Gasteiger partial charge in [0.25, 0.3) is 11.8 Å². The van der Waals surface area contributed by atoms with Crippen LogP contribution < -0.4 is 20.2 Å². The monoisotopic (exact) mass is 459 g/mol. The topological polar surface area (TPSA) is 89.0 Å². The highest BCUT2D eigenvalue weighted by molar-refractivity contribution is 6.04. The van der Waals surface area contributed by atoms with Crippen LogP contribution in [-0.2, 0) is 5.41 Å². The van der Waals surface area contributed by atoms with E-state index in [1.54, 1.807) is 56.7 Å². The van der Waals surface area contributed by atoms with E-state index >= 15 is 0 Å². The van der Waals surface area contributed by atoms with Gasteiger partial charge in [0, 0.05) is 16.8 Å². The van der Waals surface area contributed by atoms with Gasteiger partial charge in [-0.3, -0.25) is 9.59 Å². The number of benzene rings is 3. The first-order chi connectivity index (χ1) is 16.2. The Morgan fingerprint density at radius 3 is 1.97 bits per heavy atom. The largest absolute Gasteiger partial charge is 0.493 e. The lowest BCUT2D eigenvalue weighted by Crippen LogP contribution is -2.18. The predicted octanol–water partition coefficient (Wildman–Crippen LogP) is 5.02. The predicted molar refractivity (Wildman–Crippen MR) is 134 cm³/mol. The summed E-state index contributed by atoms with van der Waals surface area (Å²) >= 11 is 0. The van der Waals surface area contributed by atoms with E-state index < -0.39 is 0 Å². The van der Waals surface area contributed by atoms with E-state index in [2.05, 4.69) is 36.6 Å². The maximum absolute atomic E-state index is 12.5. The number of carbonyl (C=O) groups excluding carboxylic acids is 2. The van der Waals surface area contributed by atoms with Gasteiger partial charge in [-0.05, 0) is 71.1 Å². The van der Waals surface area contributed by atoms with Gasteiger partial charge in [0.15, 0.2) is 11.5 Å². The number of hydrogen-bond donors (Lipinski definition) is 2. The summed E-state index contributed by atoms with van der Waals surface area (Å²) in [5.74, 6) is 0.600. The molecular weight excluding hydrogens is 430 g/mol. The quantitative estimate of drug-likeness (QED) is 0.384. The average Bonchev–Trinajstić information content (AvgIpc) is 2.83. The third-order valence-corrected chi connectivity index (χ3v) is 5.21. The SMILES string of the molecule is COc1ccc(C=NNC(=O)c2ccc(NC(=O)c3ccc(C(C)(C)C)cc3)cc2)cc1OC. The van der Waals surface area contributed by atoms with E-state index in [4.69, 9.17) is 9.47 Å². The number of anilines is 1. The lowest BCUT2D eigenvalue weighted by Gasteiger charge is -2.19. The van der Waals surface area contributed by atoms with Crippen LogP contribution in [0.1, 0.15) is 52.6 Å². The van der Waals surface area contributed by atoms with Crippen LogP contribution in [0, 0.1) is 0 Å². The van der Waals surface area contributed by atoms with Crippen molar-refractivity contribution < 1.29 is 19.1 Å². The molecule has 0 spiro atoms. The fourth-order valence-corrected chi connectivity index (χ4v) is 3.19. The molecule has 0 aromatic heterocycles. The second-order valence-electron chi connectivity index (χ2n) is 8.67. The van der Waals surface area contributed by atoms with Gasteiger partial charge in [0.1, 0.15) is 0 Å². The third-order valence-electron chi connectivity index (χ3n) is 5.21. The molecule has 0 aliphatic rings. The molecule has 2 amide bonds. The first-order valence-corrected chi connectivity index (χ1v) is 10.8. The van der Waals surface area contributed by atoms with E-state index in [1.165, 1.54) is 6.21 Å². The summed E-state index contributed by atoms with van der Waals surface area (Å²) in [6, 6.07) is 19.5. The summed E-state index contributed by atoms with van der Waals surface area (Å²) in [7, 11) is 3.11. The summed E-state index contributed by atoms with van der Waals surface area (Å²) in [4.78, 5) is 24.9. The summed E-state index contributed by atoms with van der Waals surface area (Å²) in [5.41, 5.74) is 5.99. The van der Waals surface area contributed by atoms with Gasteiger partial charge in [-0.2, -0.15) is 5.10 Å². The number of ether oxygens (including phenoxy) is 2. The molecule has 0 radical (unpaired) electrons. The molecular formula is C27H29N3O4. The molecule has 0 bridgehead atoms. The molecule has 7 nitrogen and oxygen atoms in total. The Morgan fingerprint density at radius 1 is 0.794 bits per heavy atom. The fourth-order valence-electron chi connectivity index (χ4n) is 3.19. The number of carbonyl (C=O) groups is 2. The van der Waals surface area contributed by atoms with Gasteiger partial charge in [0.05, 0.1) is 20.4 Å². The summed E-state index contributed by atoms with van der Waals surface area (Å²) < 4.78 is 10.5. The Balaban J connectivity index is 1.58. The zero-order valence-electron chi connectivity index (χ0n) is 20.0. The number of methoxy groups -OCH3 is 2. The number of nitrogens with one attached hydrogen (secondary N) is 2. The molecule has 3 aromatic carbocycles. The van der Waals surface area contributed by atoms with E-state index in [1.807, 2.05) is 24.3 Å². The molecule has 7 heteroatoms. The molecule has 0 unspecified atom stereocenters. The normalized spacial score (nSPS) is 11.2. The van der Waals surface area contributed by atoms with Crippen molar-refractivity contribution in [2.75, 3.05) is 19.5 Å². The molecule has 0 fully saturated rings. The van der Waals surface area contributed by atoms with Crippen LogP contribution in [-0.4, -0.2) is 32.2 Å². The minimum Gasteiger partial charge on any atom is -0.493 e. The number of amides is 2. The number of nitrogens with zero attached hydrogens (tertiary/aromatic N) is 1. The number of rotatable bonds is 7. The van der Waals surface area contributed by atoms with Crippen molar-refractivity contribution in [3.8, 4) is 11.5 Å². The van der Waals surface area contributed by atoms with E-state index in [9.17, 15) is 9.59 Å². The molecule has 0 atom stereocenters. The zero-order valence-corrected chi connectivity index (χ0v) is 20.0. The highest BCUT2D eigenvalue weighted by Gasteiger charge is 2.14. The molecule has 3 rings (SSSR count). The Morgan fingerprint density at radius 2 is 1.38 bits per heavy atom. The minimum atomic E-state index is -0.368. The maximum atomic E-state index is 12.5. The van der Waals surface area contributed by atoms with Crippen LogP contribution in [0.5, 0.6) is 11.5 Å². The fraction of sp³-hybridized carbons (Fsp3) is 0.222. The Kier molecular flexibility index (Phi) is 7.68. The van der Waals surface area contributed by atoms with Gasteiger partial charge in [-0.1, -0.05) is 32.9 Å². The van der Waals surface area contributed by atoms with Crippen molar-refractivity contribution in [2.24, 2.45) is 5.10 Å². The van der Waals surface area contributed by atoms with Gasteiger partial charge in [-0.25, -0.2) is 5.43 Å². The molecule has 0 heterocycles. The molecule has 0 saturated heterocycles. The van der Waals surface area contributed by atoms with Crippen LogP contribution in [0.2, 0.25) is 0 Å². The van der Waals surface area contributed by atoms with Crippen LogP contribution in [0.15, 0.2) is 71.8 Å². The molecule has 34 heavy (non-hydrogen) atoms. The third kappa shape index (κ3) is 6.22. The average molecular weight is 460 g/mol. The molecule has 0 aliphatic carbocycles. The van der Waals surface area contributed by atoms with E-state index in [-0.39, 0.29) is 17.2 Å². The van der Waals surface area contributed by atoms with Crippen molar-refractivity contribution in [1.82, 2.24) is 5.43 Å². The molecule has 3 aromatic rings. The van der Waals surface area contributed by atoms with Crippen LogP contribution in [0.25, 0.3) is 0 Å². The minimum absolute atomic E-state index is 0.0248. The van der Waals surface area contributed by atoms with Crippen molar-refractivity contribution >= 4 is 23.7 Å². The van der Waals surface area contributed by atoms with Crippen LogP contribution >= 0.6 is 0 Å². The van der Waals surface area contributed by atoms with Crippen molar-refractivity contribution in [3.05, 3.63) is 89.0 Å². The van der Waals surface area contributed by atoms with E-state index in [0.29, 0.717) is 28.3 Å². The molecule has 176 valence electrons. The van der Waals surface area contributed by atoms with Crippen LogP contribution in [0.4, 0.5) is 5.69 Å². The first kappa shape index (κ1) is 24.5. The smallest absolute Gasteiger partial charge is 0.271 e. The Hall–Kier alpha value is -4.13. The lowest BCUT2D eigenvalue weighted by molar-refractivity contribution is 0.0954. The van der Waals surface area contributed by atoms with Crippen molar-refractivity contribution in [1.29, 1.82) is 0 Å². The summed E-state index contributed by atoms with van der Waals surface area (Å²) in [6.45, 7) is 6.38. The molecule has 2 N–H and O–H groups in total. The summed E-state index contributed by atoms with van der Waals surface area (Å²) in [5, 5.41) is 6.84. The second kappa shape index (κ2) is 10.7. The zero-order chi connectivity index (χ0) is 24.7. The first-order valence-electron chi connectivity index (χ1n) is 10.8. The lowest BCUT2D eigenvalue weighted by atomic mass is 9.87. The van der Waals surface area contributed by atoms with Gasteiger partial charge >= 0.3 is 0 Å². The second-order valence-corrected chi connectivity index (χ2v) is 8.67. The summed E-state index contributed by atoms with van der Waals surface area (Å²) in [6.07, 6.45) is 1.51. The van der Waals surface area contributed by atoms with Gasteiger partial charge in [0.2, 0.25) is 0 Å². The van der Waals surface area contributed by atoms with E-state index in [0.717, 1.165) is 11.1 Å². The van der Waals surface area contributed by atoms with Gasteiger partial charge < -0.3 is 14.8 Å². The highest BCUT2D eigenvalue weighted by Crippen LogP contribution is 2.27. The van der Waals surface area contributed by atoms with Crippen molar-refractivity contribution in [3.63, 3.8) is 0 Å². The van der Waals surface area contributed by atoms with Gasteiger partial charge in [-0.15, -0.1) is 0 Å². The Bertz CT molecular complexity index is 1180. The van der Waals surface area contributed by atoms with Crippen molar-refractivity contribution in [2.45, 2.75) is 26.2 Å². The maximum Gasteiger partial charge on any atom is 0.271 e. The molecule has 0 saturated carbocycles. The standard InChI is InChI=1S/C27H29N3O4/c1-27(2,3)21-11-7-19(8-12-21)25(31)29-22-13-9-20(10-14-22)26(32)30-28-17-18-6-15-23(33-4)24(16-18)34-5/h6-17H,1-5H3,(H,29,31)(H,30,32). The number of hydrogen-bond acceptors (Lipinski definition) is 5. The highest BCUT2D eigenvalue weighted by atomic mass is 16.5. The van der Waals surface area contributed by atoms with Crippen LogP contribution in [0.3, 0.4) is 0 Å².